The Balaban J connectivity index is 2.38. The molecule has 2 N–H and O–H groups in total. The minimum Gasteiger partial charge on any atom is -0.369 e. The first kappa shape index (κ1) is 14.9. The van der Waals surface area contributed by atoms with Gasteiger partial charge in [-0.3, -0.25) is 14.6 Å². The van der Waals surface area contributed by atoms with Gasteiger partial charge in [-0.05, 0) is 11.6 Å². The number of aldehydes is 1. The first-order chi connectivity index (χ1) is 9.94. The Morgan fingerprint density at radius 1 is 1.24 bits per heavy atom. The summed E-state index contributed by atoms with van der Waals surface area (Å²) in [7, 11) is 0. The third-order valence-corrected chi connectivity index (χ3v) is 3.51. The largest absolute Gasteiger partial charge is 0.369 e. The Morgan fingerprint density at radius 3 is 2.48 bits per heavy atom. The highest BCUT2D eigenvalue weighted by atomic mass is 16.1. The number of nitrogens with two attached hydrogens (primary N) is 1. The average Bonchev–Trinajstić information content (AvgIpc) is 2.48. The molecule has 0 saturated heterocycles. The second-order valence-electron chi connectivity index (χ2n) is 5.67. The van der Waals surface area contributed by atoms with Crippen LogP contribution in [0.5, 0.6) is 0 Å². The van der Waals surface area contributed by atoms with E-state index in [9.17, 15) is 9.59 Å². The van der Waals surface area contributed by atoms with Crippen LogP contribution in [0.2, 0.25) is 0 Å². The molecule has 0 aliphatic carbocycles. The summed E-state index contributed by atoms with van der Waals surface area (Å²) >= 11 is 0. The molecular weight excluding hydrogens is 264 g/mol. The van der Waals surface area contributed by atoms with Crippen LogP contribution in [0.4, 0.5) is 0 Å². The number of hydrogen-bond acceptors (Lipinski definition) is 3. The molecule has 1 amide bonds. The van der Waals surface area contributed by atoms with E-state index in [0.29, 0.717) is 17.7 Å². The van der Waals surface area contributed by atoms with Crippen molar-refractivity contribution in [1.82, 2.24) is 4.98 Å². The van der Waals surface area contributed by atoms with E-state index in [4.69, 9.17) is 5.73 Å². The van der Waals surface area contributed by atoms with Gasteiger partial charge in [0.15, 0.2) is 6.29 Å². The van der Waals surface area contributed by atoms with Crippen LogP contribution >= 0.6 is 0 Å². The topological polar surface area (TPSA) is 73.1 Å². The van der Waals surface area contributed by atoms with E-state index in [1.54, 1.807) is 26.1 Å². The molecule has 4 nitrogen and oxygen atoms in total. The average molecular weight is 282 g/mol. The second kappa shape index (κ2) is 5.87. The van der Waals surface area contributed by atoms with Crippen LogP contribution in [0, 0.1) is 5.41 Å². The maximum atomic E-state index is 11.4. The van der Waals surface area contributed by atoms with Crippen molar-refractivity contribution in [3.8, 4) is 11.1 Å². The maximum Gasteiger partial charge on any atom is 0.223 e. The lowest BCUT2D eigenvalue weighted by Crippen LogP contribution is -2.34. The van der Waals surface area contributed by atoms with Gasteiger partial charge in [0.2, 0.25) is 5.91 Å². The van der Waals surface area contributed by atoms with E-state index >= 15 is 0 Å². The van der Waals surface area contributed by atoms with Crippen molar-refractivity contribution < 1.29 is 9.59 Å². The van der Waals surface area contributed by atoms with Gasteiger partial charge < -0.3 is 5.73 Å². The highest BCUT2D eigenvalue weighted by Crippen LogP contribution is 2.25. The molecule has 1 aromatic heterocycles. The molecule has 21 heavy (non-hydrogen) atoms. The van der Waals surface area contributed by atoms with E-state index in [-0.39, 0.29) is 0 Å². The third-order valence-electron chi connectivity index (χ3n) is 3.51. The molecule has 2 aromatic rings. The number of aromatic nitrogens is 1. The molecule has 0 unspecified atom stereocenters. The number of benzene rings is 1. The van der Waals surface area contributed by atoms with Crippen molar-refractivity contribution in [2.75, 3.05) is 0 Å². The van der Waals surface area contributed by atoms with Crippen LogP contribution in [0.25, 0.3) is 11.1 Å². The van der Waals surface area contributed by atoms with Gasteiger partial charge in [-0.15, -0.1) is 0 Å². The van der Waals surface area contributed by atoms with Crippen LogP contribution in [-0.2, 0) is 11.2 Å². The van der Waals surface area contributed by atoms with E-state index in [1.807, 2.05) is 30.3 Å². The third kappa shape index (κ3) is 3.34. The Bertz CT molecular complexity index is 664. The highest BCUT2D eigenvalue weighted by Gasteiger charge is 2.27. The number of pyridine rings is 1. The summed E-state index contributed by atoms with van der Waals surface area (Å²) in [5.41, 5.74) is 7.59. The number of hydrogen-bond donors (Lipinski definition) is 1. The number of carbonyl (C=O) groups excluding carboxylic acids is 2. The van der Waals surface area contributed by atoms with Gasteiger partial charge in [0.05, 0.1) is 5.69 Å². The number of primary amides is 1. The first-order valence-corrected chi connectivity index (χ1v) is 6.73. The number of amides is 1. The standard InChI is InChI=1S/C17H18N2O2/c1-17(2,16(18)21)9-15-14(11-20)8-13(10-19-15)12-6-4-3-5-7-12/h3-8,10-11H,9H2,1-2H3,(H2,18,21). The fourth-order valence-corrected chi connectivity index (χ4v) is 2.05. The fourth-order valence-electron chi connectivity index (χ4n) is 2.05. The van der Waals surface area contributed by atoms with Gasteiger partial charge in [-0.1, -0.05) is 44.2 Å². The minimum atomic E-state index is -0.737. The number of nitrogens with zero attached hydrogens (tertiary/aromatic N) is 1. The van der Waals surface area contributed by atoms with E-state index in [2.05, 4.69) is 4.98 Å². The second-order valence-corrected chi connectivity index (χ2v) is 5.67. The lowest BCUT2D eigenvalue weighted by atomic mass is 9.85. The normalized spacial score (nSPS) is 11.1. The molecule has 1 aromatic carbocycles. The SMILES string of the molecule is CC(C)(Cc1ncc(-c2ccccc2)cc1C=O)C(N)=O. The highest BCUT2D eigenvalue weighted by molar-refractivity contribution is 5.82. The zero-order valence-electron chi connectivity index (χ0n) is 12.2. The maximum absolute atomic E-state index is 11.4. The van der Waals surface area contributed by atoms with Crippen LogP contribution < -0.4 is 5.73 Å². The Kier molecular flexibility index (Phi) is 4.17. The van der Waals surface area contributed by atoms with Crippen LogP contribution in [0.1, 0.15) is 29.9 Å². The molecule has 4 heteroatoms. The molecule has 0 aliphatic heterocycles. The van der Waals surface area contributed by atoms with Crippen molar-refractivity contribution in [2.24, 2.45) is 11.1 Å². The molecule has 0 bridgehead atoms. The van der Waals surface area contributed by atoms with Crippen molar-refractivity contribution in [1.29, 1.82) is 0 Å². The summed E-state index contributed by atoms with van der Waals surface area (Å²) < 4.78 is 0. The van der Waals surface area contributed by atoms with Crippen molar-refractivity contribution in [3.63, 3.8) is 0 Å². The minimum absolute atomic E-state index is 0.339. The van der Waals surface area contributed by atoms with E-state index < -0.39 is 11.3 Å². The summed E-state index contributed by atoms with van der Waals surface area (Å²) in [6, 6.07) is 11.5. The van der Waals surface area contributed by atoms with E-state index in [1.165, 1.54) is 0 Å². The summed E-state index contributed by atoms with van der Waals surface area (Å²) in [4.78, 5) is 27.1. The van der Waals surface area contributed by atoms with Gasteiger partial charge in [0.25, 0.3) is 0 Å². The molecular formula is C17H18N2O2. The van der Waals surface area contributed by atoms with Crippen molar-refractivity contribution in [2.45, 2.75) is 20.3 Å². The predicted molar refractivity (Wildman–Crippen MR) is 81.7 cm³/mol. The summed E-state index contributed by atoms with van der Waals surface area (Å²) in [6.07, 6.45) is 2.83. The van der Waals surface area contributed by atoms with Crippen molar-refractivity contribution in [3.05, 3.63) is 53.9 Å². The lowest BCUT2D eigenvalue weighted by molar-refractivity contribution is -0.125. The smallest absolute Gasteiger partial charge is 0.223 e. The predicted octanol–water partition coefficient (Wildman–Crippen LogP) is 2.62. The molecule has 0 atom stereocenters. The van der Waals surface area contributed by atoms with Gasteiger partial charge >= 0.3 is 0 Å². The van der Waals surface area contributed by atoms with Gasteiger partial charge in [0.1, 0.15) is 0 Å². The fraction of sp³-hybridized carbons (Fsp3) is 0.235. The summed E-state index contributed by atoms with van der Waals surface area (Å²) in [5.74, 6) is -0.409. The molecule has 0 radical (unpaired) electrons. The van der Waals surface area contributed by atoms with Crippen LogP contribution in [-0.4, -0.2) is 17.2 Å². The lowest BCUT2D eigenvalue weighted by Gasteiger charge is -2.20. The zero-order chi connectivity index (χ0) is 15.5. The van der Waals surface area contributed by atoms with Crippen LogP contribution in [0.3, 0.4) is 0 Å². The monoisotopic (exact) mass is 282 g/mol. The summed E-state index contributed by atoms with van der Waals surface area (Å²) in [5, 5.41) is 0. The molecule has 1 heterocycles. The molecule has 0 spiro atoms. The molecule has 108 valence electrons. The van der Waals surface area contributed by atoms with E-state index in [0.717, 1.165) is 17.4 Å². The number of rotatable bonds is 5. The first-order valence-electron chi connectivity index (χ1n) is 6.73. The van der Waals surface area contributed by atoms with Crippen LogP contribution in [0.15, 0.2) is 42.6 Å². The molecule has 0 fully saturated rings. The quantitative estimate of drug-likeness (QED) is 0.857. The van der Waals surface area contributed by atoms with Gasteiger partial charge in [0, 0.05) is 29.2 Å². The Hall–Kier alpha value is -2.49. The molecule has 0 aliphatic rings. The Labute approximate surface area is 124 Å². The van der Waals surface area contributed by atoms with Gasteiger partial charge in [-0.25, -0.2) is 0 Å². The van der Waals surface area contributed by atoms with Crippen molar-refractivity contribution >= 4 is 12.2 Å². The van der Waals surface area contributed by atoms with Gasteiger partial charge in [-0.2, -0.15) is 0 Å². The molecule has 2 rings (SSSR count). The molecule has 0 saturated carbocycles. The Morgan fingerprint density at radius 2 is 1.90 bits per heavy atom. The zero-order valence-corrected chi connectivity index (χ0v) is 12.2. The number of carbonyl (C=O) groups is 2. The summed E-state index contributed by atoms with van der Waals surface area (Å²) in [6.45, 7) is 3.49.